The third-order valence-corrected chi connectivity index (χ3v) is 9.68. The van der Waals surface area contributed by atoms with Gasteiger partial charge in [-0.25, -0.2) is 4.79 Å². The van der Waals surface area contributed by atoms with Crippen molar-refractivity contribution in [2.45, 2.75) is 109 Å². The fraction of sp³-hybridized carbons (Fsp3) is 0.467. The summed E-state index contributed by atoms with van der Waals surface area (Å²) < 4.78 is 5.43. The molecule has 13 nitrogen and oxygen atoms in total. The Kier molecular flexibility index (Phi) is 17.0. The molecule has 0 heterocycles. The molecule has 6 amide bonds. The fourth-order valence-electron chi connectivity index (χ4n) is 6.68. The number of benzene rings is 3. The summed E-state index contributed by atoms with van der Waals surface area (Å²) in [4.78, 5) is 83.0. The van der Waals surface area contributed by atoms with Crippen molar-refractivity contribution in [3.63, 3.8) is 0 Å². The predicted molar refractivity (Wildman–Crippen MR) is 227 cm³/mol. The molecule has 3 aromatic rings. The van der Waals surface area contributed by atoms with Crippen LogP contribution in [-0.2, 0) is 41.6 Å². The highest BCUT2D eigenvalue weighted by atomic mass is 16.6. The van der Waals surface area contributed by atoms with Crippen molar-refractivity contribution < 1.29 is 33.5 Å². The molecular weight excluding hydrogens is 737 g/mol. The zero-order chi connectivity index (χ0) is 43.2. The number of hydrogen-bond donors (Lipinski definition) is 4. The van der Waals surface area contributed by atoms with Gasteiger partial charge in [0.2, 0.25) is 29.5 Å². The number of alkyl carbamates (subject to hydrolysis) is 1. The number of fused-ring (bicyclic) bond motifs is 1. The molecule has 0 aliphatic heterocycles. The number of rotatable bonds is 19. The molecule has 4 N–H and O–H groups in total. The van der Waals surface area contributed by atoms with Crippen molar-refractivity contribution in [3.05, 3.63) is 96.1 Å². The molecular formula is C45H62N6O7. The van der Waals surface area contributed by atoms with Gasteiger partial charge in [-0.3, -0.25) is 24.0 Å². The van der Waals surface area contributed by atoms with E-state index in [9.17, 15) is 28.8 Å². The van der Waals surface area contributed by atoms with Gasteiger partial charge in [-0.1, -0.05) is 79.4 Å². The standard InChI is InChI=1S/C45H62N6O7/c1-30(29-45(6,7)49-43(57)58-44(3,4)5)41(55)51(10)38(28-33-23-24-34-20-14-15-21-35(34)26-33)42(56)50(9)37(27-32-18-12-11-13-19-32)40(54)48-36(39(53)46-8)22-16-17-25-47-31(2)52/h11-15,18-21,23-24,26,36-38H,1,16-17,22,25,27-29H2,2-10H3,(H,46,53)(H,47,52)(H,48,54)(H,49,57)/t36-,37+,38+/m0/s1. The Morgan fingerprint density at radius 2 is 1.38 bits per heavy atom. The van der Waals surface area contributed by atoms with Gasteiger partial charge in [0.15, 0.2) is 0 Å². The molecule has 0 aliphatic rings. The number of carbonyl (C=O) groups excluding carboxylic acids is 6. The molecule has 314 valence electrons. The van der Waals surface area contributed by atoms with Crippen molar-refractivity contribution in [2.75, 3.05) is 27.7 Å². The highest BCUT2D eigenvalue weighted by molar-refractivity contribution is 5.98. The lowest BCUT2D eigenvalue weighted by Gasteiger charge is -2.36. The van der Waals surface area contributed by atoms with Crippen LogP contribution in [0, 0.1) is 0 Å². The van der Waals surface area contributed by atoms with E-state index in [0.717, 1.165) is 21.9 Å². The van der Waals surface area contributed by atoms with Gasteiger partial charge in [0, 0.05) is 58.6 Å². The monoisotopic (exact) mass is 798 g/mol. The van der Waals surface area contributed by atoms with E-state index < -0.39 is 53.1 Å². The topological polar surface area (TPSA) is 166 Å². The fourth-order valence-corrected chi connectivity index (χ4v) is 6.68. The van der Waals surface area contributed by atoms with Crippen LogP contribution in [0.5, 0.6) is 0 Å². The summed E-state index contributed by atoms with van der Waals surface area (Å²) in [6, 6.07) is 19.9. The second-order valence-electron chi connectivity index (χ2n) is 16.4. The lowest BCUT2D eigenvalue weighted by atomic mass is 9.94. The second kappa shape index (κ2) is 21.2. The van der Waals surface area contributed by atoms with Crippen LogP contribution in [0.25, 0.3) is 10.8 Å². The van der Waals surface area contributed by atoms with Gasteiger partial charge in [0.25, 0.3) is 0 Å². The number of likely N-dealkylation sites (N-methyl/N-ethyl adjacent to an activating group) is 3. The Hall–Kier alpha value is -5.72. The van der Waals surface area contributed by atoms with Crippen LogP contribution >= 0.6 is 0 Å². The lowest BCUT2D eigenvalue weighted by molar-refractivity contribution is -0.146. The lowest BCUT2D eigenvalue weighted by Crippen LogP contribution is -2.58. The van der Waals surface area contributed by atoms with Crippen molar-refractivity contribution in [3.8, 4) is 0 Å². The van der Waals surface area contributed by atoms with Crippen LogP contribution < -0.4 is 21.3 Å². The van der Waals surface area contributed by atoms with Gasteiger partial charge in [-0.05, 0) is 82.2 Å². The summed E-state index contributed by atoms with van der Waals surface area (Å²) in [6.07, 6.45) is 1.14. The molecule has 0 radical (unpaired) electrons. The molecule has 58 heavy (non-hydrogen) atoms. The van der Waals surface area contributed by atoms with Gasteiger partial charge < -0.3 is 35.8 Å². The summed E-state index contributed by atoms with van der Waals surface area (Å²) in [5, 5.41) is 13.0. The Morgan fingerprint density at radius 3 is 2.00 bits per heavy atom. The average molecular weight is 799 g/mol. The number of amides is 6. The molecule has 0 unspecified atom stereocenters. The summed E-state index contributed by atoms with van der Waals surface area (Å²) in [5.74, 6) is -2.07. The first-order valence-corrected chi connectivity index (χ1v) is 19.7. The third kappa shape index (κ3) is 14.7. The van der Waals surface area contributed by atoms with Crippen LogP contribution in [0.3, 0.4) is 0 Å². The normalized spacial score (nSPS) is 13.0. The van der Waals surface area contributed by atoms with Crippen LogP contribution in [-0.4, -0.2) is 102 Å². The Bertz CT molecular complexity index is 1920. The van der Waals surface area contributed by atoms with E-state index in [1.54, 1.807) is 34.6 Å². The number of hydrogen-bond acceptors (Lipinski definition) is 7. The SMILES string of the molecule is C=C(CC(C)(C)NC(=O)OC(C)(C)C)C(=O)N(C)[C@H](Cc1ccc2ccccc2c1)C(=O)N(C)[C@H](Cc1ccccc1)C(=O)N[C@@H](CCCCNC(C)=O)C(=O)NC. The van der Waals surface area contributed by atoms with E-state index in [4.69, 9.17) is 4.74 Å². The third-order valence-electron chi connectivity index (χ3n) is 9.68. The van der Waals surface area contributed by atoms with Crippen LogP contribution in [0.2, 0.25) is 0 Å². The van der Waals surface area contributed by atoms with Crippen molar-refractivity contribution in [1.82, 2.24) is 31.1 Å². The first kappa shape index (κ1) is 46.7. The molecule has 3 atom stereocenters. The zero-order valence-corrected chi connectivity index (χ0v) is 35.6. The molecule has 13 heteroatoms. The number of carbonyl (C=O) groups is 6. The maximum Gasteiger partial charge on any atom is 0.408 e. The molecule has 0 aromatic heterocycles. The maximum atomic E-state index is 14.9. The van der Waals surface area contributed by atoms with E-state index in [1.807, 2.05) is 72.8 Å². The van der Waals surface area contributed by atoms with Gasteiger partial charge >= 0.3 is 6.09 Å². The number of ether oxygens (including phenoxy) is 1. The first-order chi connectivity index (χ1) is 27.2. The van der Waals surface area contributed by atoms with Gasteiger partial charge in [-0.2, -0.15) is 0 Å². The van der Waals surface area contributed by atoms with E-state index in [2.05, 4.69) is 27.8 Å². The van der Waals surface area contributed by atoms with E-state index in [0.29, 0.717) is 25.8 Å². The zero-order valence-electron chi connectivity index (χ0n) is 35.6. The van der Waals surface area contributed by atoms with Crippen LogP contribution in [0.1, 0.15) is 78.4 Å². The van der Waals surface area contributed by atoms with Crippen LogP contribution in [0.4, 0.5) is 4.79 Å². The molecule has 0 spiro atoms. The summed E-state index contributed by atoms with van der Waals surface area (Å²) in [7, 11) is 4.56. The summed E-state index contributed by atoms with van der Waals surface area (Å²) >= 11 is 0. The van der Waals surface area contributed by atoms with E-state index in [-0.39, 0.29) is 36.6 Å². The smallest absolute Gasteiger partial charge is 0.408 e. The van der Waals surface area contributed by atoms with Gasteiger partial charge in [-0.15, -0.1) is 0 Å². The minimum atomic E-state index is -1.08. The molecule has 0 saturated heterocycles. The minimum absolute atomic E-state index is 0.0624. The minimum Gasteiger partial charge on any atom is -0.444 e. The van der Waals surface area contributed by atoms with E-state index >= 15 is 0 Å². The number of unbranched alkanes of at least 4 members (excludes halogenated alkanes) is 1. The predicted octanol–water partition coefficient (Wildman–Crippen LogP) is 5.07. The quantitative estimate of drug-likeness (QED) is 0.0972. The second-order valence-corrected chi connectivity index (χ2v) is 16.4. The number of nitrogens with one attached hydrogen (secondary N) is 4. The molecule has 0 saturated carbocycles. The van der Waals surface area contributed by atoms with Crippen molar-refractivity contribution >= 4 is 46.4 Å². The van der Waals surface area contributed by atoms with E-state index in [1.165, 1.54) is 37.9 Å². The molecule has 0 bridgehead atoms. The Labute approximate surface area is 343 Å². The highest BCUT2D eigenvalue weighted by Gasteiger charge is 2.37. The van der Waals surface area contributed by atoms with Crippen LogP contribution in [0.15, 0.2) is 84.9 Å². The van der Waals surface area contributed by atoms with Gasteiger partial charge in [0.05, 0.1) is 0 Å². The number of nitrogens with zero attached hydrogens (tertiary/aromatic N) is 2. The summed E-state index contributed by atoms with van der Waals surface area (Å²) in [5.41, 5.74) is 0.105. The molecule has 0 fully saturated rings. The molecule has 3 rings (SSSR count). The average Bonchev–Trinajstić information content (AvgIpc) is 3.15. The molecule has 0 aliphatic carbocycles. The largest absolute Gasteiger partial charge is 0.444 e. The van der Waals surface area contributed by atoms with Crippen molar-refractivity contribution in [2.24, 2.45) is 0 Å². The summed E-state index contributed by atoms with van der Waals surface area (Å²) in [6.45, 7) is 14.7. The Morgan fingerprint density at radius 1 is 0.759 bits per heavy atom. The van der Waals surface area contributed by atoms with Crippen molar-refractivity contribution in [1.29, 1.82) is 0 Å². The van der Waals surface area contributed by atoms with Gasteiger partial charge in [0.1, 0.15) is 23.7 Å². The molecule has 3 aromatic carbocycles. The highest BCUT2D eigenvalue weighted by Crippen LogP contribution is 2.23. The first-order valence-electron chi connectivity index (χ1n) is 19.7. The maximum absolute atomic E-state index is 14.9. The Balaban J connectivity index is 1.97.